The van der Waals surface area contributed by atoms with Gasteiger partial charge in [-0.25, -0.2) is 0 Å². The van der Waals surface area contributed by atoms with Gasteiger partial charge in [-0.1, -0.05) is 34.7 Å². The molecule has 0 saturated heterocycles. The third-order valence-corrected chi connectivity index (χ3v) is 0.612. The second-order valence-corrected chi connectivity index (χ2v) is 2.24. The summed E-state index contributed by atoms with van der Waals surface area (Å²) >= 11 is 3.22. The van der Waals surface area contributed by atoms with Gasteiger partial charge in [-0.15, -0.1) is 0 Å². The molecule has 0 heterocycles. The molecule has 0 aromatic heterocycles. The lowest BCUT2D eigenvalue weighted by atomic mass is 10.5. The van der Waals surface area contributed by atoms with Crippen molar-refractivity contribution in [2.75, 3.05) is 0 Å². The largest absolute Gasteiger partial charge is 0.0990 e. The number of rotatable bonds is 1. The zero-order chi connectivity index (χ0) is 4.99. The standard InChI is InChI=1S/C5H7Br/c1-3-4-5(2)6/h3-4H,1H2,2H3. The van der Waals surface area contributed by atoms with Gasteiger partial charge in [0.15, 0.2) is 0 Å². The summed E-state index contributed by atoms with van der Waals surface area (Å²) in [4.78, 5) is 0. The van der Waals surface area contributed by atoms with Gasteiger partial charge in [-0.3, -0.25) is 0 Å². The van der Waals surface area contributed by atoms with E-state index in [1.807, 2.05) is 13.0 Å². The Labute approximate surface area is 46.7 Å². The molecule has 0 unspecified atom stereocenters. The highest BCUT2D eigenvalue weighted by molar-refractivity contribution is 9.11. The summed E-state index contributed by atoms with van der Waals surface area (Å²) in [5, 5.41) is 0. The molecule has 0 aromatic rings. The van der Waals surface area contributed by atoms with Crippen LogP contribution in [-0.4, -0.2) is 0 Å². The highest BCUT2D eigenvalue weighted by atomic mass is 79.9. The normalized spacial score (nSPS) is 11.3. The second-order valence-electron chi connectivity index (χ2n) is 0.989. The number of halogens is 1. The first-order valence-corrected chi connectivity index (χ1v) is 2.51. The molecule has 0 radical (unpaired) electrons. The maximum atomic E-state index is 3.49. The lowest BCUT2D eigenvalue weighted by molar-refractivity contribution is 1.70. The van der Waals surface area contributed by atoms with Crippen LogP contribution in [0.1, 0.15) is 6.92 Å². The molecule has 0 aliphatic rings. The SMILES string of the molecule is C=CC=C(C)Br. The molecule has 0 atom stereocenters. The van der Waals surface area contributed by atoms with Crippen molar-refractivity contribution in [1.29, 1.82) is 0 Å². The van der Waals surface area contributed by atoms with Gasteiger partial charge in [-0.05, 0) is 11.4 Å². The Hall–Kier alpha value is -0.0400. The van der Waals surface area contributed by atoms with E-state index in [0.717, 1.165) is 4.48 Å². The summed E-state index contributed by atoms with van der Waals surface area (Å²) in [5.74, 6) is 0. The molecule has 0 spiro atoms. The van der Waals surface area contributed by atoms with E-state index in [1.165, 1.54) is 0 Å². The predicted octanol–water partition coefficient (Wildman–Crippen LogP) is 2.47. The third kappa shape index (κ3) is 3.96. The molecule has 0 N–H and O–H groups in total. The molecule has 0 saturated carbocycles. The van der Waals surface area contributed by atoms with Gasteiger partial charge in [0.25, 0.3) is 0 Å². The summed E-state index contributed by atoms with van der Waals surface area (Å²) in [6.45, 7) is 5.45. The van der Waals surface area contributed by atoms with Crippen molar-refractivity contribution in [2.45, 2.75) is 6.92 Å². The molecular formula is C5H7Br. The summed E-state index contributed by atoms with van der Waals surface area (Å²) in [6.07, 6.45) is 3.63. The monoisotopic (exact) mass is 146 g/mol. The molecule has 0 rings (SSSR count). The third-order valence-electron chi connectivity index (χ3n) is 0.348. The molecular weight excluding hydrogens is 140 g/mol. The van der Waals surface area contributed by atoms with E-state index in [9.17, 15) is 0 Å². The number of hydrogen-bond acceptors (Lipinski definition) is 0. The minimum atomic E-state index is 1.11. The Balaban J connectivity index is 3.41. The maximum Gasteiger partial charge on any atom is -0.00806 e. The first-order valence-electron chi connectivity index (χ1n) is 1.72. The molecule has 0 bridgehead atoms. The van der Waals surface area contributed by atoms with E-state index in [-0.39, 0.29) is 0 Å². The zero-order valence-electron chi connectivity index (χ0n) is 3.74. The van der Waals surface area contributed by atoms with E-state index in [0.29, 0.717) is 0 Å². The van der Waals surface area contributed by atoms with Crippen molar-refractivity contribution >= 4 is 15.9 Å². The van der Waals surface area contributed by atoms with Gasteiger partial charge in [0.05, 0.1) is 0 Å². The van der Waals surface area contributed by atoms with Gasteiger partial charge < -0.3 is 0 Å². The molecule has 0 aliphatic carbocycles. The zero-order valence-corrected chi connectivity index (χ0v) is 5.33. The van der Waals surface area contributed by atoms with Crippen LogP contribution in [0.2, 0.25) is 0 Å². The van der Waals surface area contributed by atoms with Gasteiger partial charge in [0.1, 0.15) is 0 Å². The Morgan fingerprint density at radius 1 is 1.83 bits per heavy atom. The fourth-order valence-electron chi connectivity index (χ4n) is 0.162. The highest BCUT2D eigenvalue weighted by Crippen LogP contribution is 1.99. The molecule has 0 fully saturated rings. The fourth-order valence-corrected chi connectivity index (χ4v) is 0.349. The average molecular weight is 147 g/mol. The minimum absolute atomic E-state index is 1.11. The number of hydrogen-bond donors (Lipinski definition) is 0. The van der Waals surface area contributed by atoms with E-state index in [4.69, 9.17) is 0 Å². The Kier molecular flexibility index (Phi) is 3.14. The quantitative estimate of drug-likeness (QED) is 0.499. The van der Waals surface area contributed by atoms with Gasteiger partial charge in [-0.2, -0.15) is 0 Å². The molecule has 0 nitrogen and oxygen atoms in total. The van der Waals surface area contributed by atoms with Crippen molar-refractivity contribution in [3.8, 4) is 0 Å². The molecule has 0 aromatic carbocycles. The van der Waals surface area contributed by atoms with Crippen LogP contribution in [0.5, 0.6) is 0 Å². The van der Waals surface area contributed by atoms with Crippen LogP contribution in [-0.2, 0) is 0 Å². The summed E-state index contributed by atoms with van der Waals surface area (Å²) in [6, 6.07) is 0. The van der Waals surface area contributed by atoms with Gasteiger partial charge >= 0.3 is 0 Å². The van der Waals surface area contributed by atoms with Crippen molar-refractivity contribution in [3.63, 3.8) is 0 Å². The van der Waals surface area contributed by atoms with E-state index in [2.05, 4.69) is 22.5 Å². The minimum Gasteiger partial charge on any atom is -0.0990 e. The van der Waals surface area contributed by atoms with Crippen LogP contribution in [0.25, 0.3) is 0 Å². The predicted molar refractivity (Wildman–Crippen MR) is 32.9 cm³/mol. The Bertz CT molecular complexity index is 68.0. The van der Waals surface area contributed by atoms with Gasteiger partial charge in [0, 0.05) is 0 Å². The van der Waals surface area contributed by atoms with Crippen LogP contribution >= 0.6 is 15.9 Å². The van der Waals surface area contributed by atoms with Crippen molar-refractivity contribution in [2.24, 2.45) is 0 Å². The van der Waals surface area contributed by atoms with Crippen LogP contribution < -0.4 is 0 Å². The van der Waals surface area contributed by atoms with Crippen LogP contribution in [0.3, 0.4) is 0 Å². The Morgan fingerprint density at radius 2 is 2.33 bits per heavy atom. The average Bonchev–Trinajstić information content (AvgIpc) is 1.35. The van der Waals surface area contributed by atoms with Crippen LogP contribution in [0.4, 0.5) is 0 Å². The number of allylic oxidation sites excluding steroid dienone is 3. The van der Waals surface area contributed by atoms with E-state index in [1.54, 1.807) is 6.08 Å². The summed E-state index contributed by atoms with van der Waals surface area (Å²) in [7, 11) is 0. The second kappa shape index (κ2) is 3.16. The lowest BCUT2D eigenvalue weighted by Gasteiger charge is -1.73. The van der Waals surface area contributed by atoms with E-state index >= 15 is 0 Å². The topological polar surface area (TPSA) is 0 Å². The molecule has 34 valence electrons. The summed E-state index contributed by atoms with van der Waals surface area (Å²) < 4.78 is 1.11. The highest BCUT2D eigenvalue weighted by Gasteiger charge is 1.66. The molecule has 1 heteroatoms. The van der Waals surface area contributed by atoms with Crippen LogP contribution in [0.15, 0.2) is 23.2 Å². The maximum absolute atomic E-state index is 3.49. The lowest BCUT2D eigenvalue weighted by Crippen LogP contribution is -1.47. The molecule has 6 heavy (non-hydrogen) atoms. The van der Waals surface area contributed by atoms with Crippen molar-refractivity contribution in [3.05, 3.63) is 23.2 Å². The Morgan fingerprint density at radius 3 is 2.33 bits per heavy atom. The smallest absolute Gasteiger partial charge is 0.00806 e. The fraction of sp³-hybridized carbons (Fsp3) is 0.200. The first-order chi connectivity index (χ1) is 2.77. The summed E-state index contributed by atoms with van der Waals surface area (Å²) in [5.41, 5.74) is 0. The van der Waals surface area contributed by atoms with Gasteiger partial charge in [0.2, 0.25) is 0 Å². The van der Waals surface area contributed by atoms with Crippen molar-refractivity contribution < 1.29 is 0 Å². The first kappa shape index (κ1) is 5.96. The van der Waals surface area contributed by atoms with E-state index < -0.39 is 0 Å². The van der Waals surface area contributed by atoms with Crippen LogP contribution in [0, 0.1) is 0 Å². The molecule has 0 aliphatic heterocycles. The van der Waals surface area contributed by atoms with Crippen molar-refractivity contribution in [1.82, 2.24) is 0 Å². The molecule has 0 amide bonds.